The highest BCUT2D eigenvalue weighted by atomic mass is 16.2. The number of carbonyl (C=O) groups excluding carboxylic acids is 1. The van der Waals surface area contributed by atoms with Gasteiger partial charge in [-0.05, 0) is 13.3 Å². The van der Waals surface area contributed by atoms with Gasteiger partial charge in [0, 0.05) is 13.6 Å². The normalized spacial score (nSPS) is 14.2. The summed E-state index contributed by atoms with van der Waals surface area (Å²) in [6.45, 7) is 4.23. The van der Waals surface area contributed by atoms with E-state index in [-0.39, 0.29) is 11.8 Å². The highest BCUT2D eigenvalue weighted by molar-refractivity contribution is 5.81. The van der Waals surface area contributed by atoms with Gasteiger partial charge in [-0.2, -0.15) is 5.26 Å². The summed E-state index contributed by atoms with van der Waals surface area (Å²) in [6, 6.07) is 1.67. The molecule has 0 aromatic rings. The van der Waals surface area contributed by atoms with Crippen molar-refractivity contribution in [3.63, 3.8) is 0 Å². The molecule has 0 bridgehead atoms. The number of hydrogen-bond acceptors (Lipinski definition) is 3. The van der Waals surface area contributed by atoms with Gasteiger partial charge in [0.05, 0.1) is 18.0 Å². The van der Waals surface area contributed by atoms with Gasteiger partial charge in [-0.15, -0.1) is 0 Å². The average Bonchev–Trinajstić information content (AvgIpc) is 2.16. The lowest BCUT2D eigenvalue weighted by Gasteiger charge is -2.21. The zero-order valence-electron chi connectivity index (χ0n) is 9.16. The molecule has 0 aromatic heterocycles. The molecule has 4 nitrogen and oxygen atoms in total. The summed E-state index contributed by atoms with van der Waals surface area (Å²) in [6.07, 6.45) is 1.60. The fraction of sp³-hybridized carbons (Fsp3) is 0.800. The van der Waals surface area contributed by atoms with E-state index < -0.39 is 6.04 Å². The van der Waals surface area contributed by atoms with Gasteiger partial charge in [-0.3, -0.25) is 4.79 Å². The van der Waals surface area contributed by atoms with Crippen LogP contribution in [-0.2, 0) is 4.79 Å². The number of nitrogens with two attached hydrogens (primary N) is 1. The Morgan fingerprint density at radius 2 is 2.21 bits per heavy atom. The molecule has 4 heteroatoms. The van der Waals surface area contributed by atoms with Gasteiger partial charge in [0.2, 0.25) is 5.91 Å². The number of rotatable bonds is 5. The van der Waals surface area contributed by atoms with Gasteiger partial charge in [0.1, 0.15) is 0 Å². The minimum absolute atomic E-state index is 0.0750. The van der Waals surface area contributed by atoms with Gasteiger partial charge in [-0.1, -0.05) is 13.3 Å². The van der Waals surface area contributed by atoms with Crippen molar-refractivity contribution >= 4 is 5.91 Å². The van der Waals surface area contributed by atoms with Crippen LogP contribution in [0, 0.1) is 17.2 Å². The van der Waals surface area contributed by atoms with E-state index >= 15 is 0 Å². The van der Waals surface area contributed by atoms with Crippen LogP contribution < -0.4 is 5.73 Å². The quantitative estimate of drug-likeness (QED) is 0.706. The number of carbonyl (C=O) groups is 1. The summed E-state index contributed by atoms with van der Waals surface area (Å²) in [5.74, 6) is -0.216. The fourth-order valence-electron chi connectivity index (χ4n) is 1.26. The van der Waals surface area contributed by atoms with E-state index in [0.29, 0.717) is 13.0 Å². The molecule has 0 aliphatic heterocycles. The molecule has 80 valence electrons. The third-order valence-corrected chi connectivity index (χ3v) is 2.06. The van der Waals surface area contributed by atoms with E-state index in [2.05, 4.69) is 6.07 Å². The first-order valence-corrected chi connectivity index (χ1v) is 4.93. The number of nitrogens with zero attached hydrogens (tertiary/aromatic N) is 2. The van der Waals surface area contributed by atoms with Crippen molar-refractivity contribution in [1.29, 1.82) is 5.26 Å². The highest BCUT2D eigenvalue weighted by Gasteiger charge is 2.18. The number of hydrogen-bond donors (Lipinski definition) is 1. The van der Waals surface area contributed by atoms with E-state index in [4.69, 9.17) is 11.0 Å². The molecule has 0 aliphatic carbocycles. The lowest BCUT2D eigenvalue weighted by Crippen LogP contribution is -2.43. The first kappa shape index (κ1) is 12.9. The summed E-state index contributed by atoms with van der Waals surface area (Å²) in [7, 11) is 1.69. The average molecular weight is 197 g/mol. The van der Waals surface area contributed by atoms with Crippen LogP contribution in [0.5, 0.6) is 0 Å². The zero-order valence-corrected chi connectivity index (χ0v) is 9.16. The second-order valence-corrected chi connectivity index (χ2v) is 3.64. The SMILES string of the molecule is CCC[C@H](N)C(=O)N(C)CC(C)C#N. The molecule has 0 rings (SSSR count). The Kier molecular flexibility index (Phi) is 5.89. The van der Waals surface area contributed by atoms with Crippen molar-refractivity contribution in [3.8, 4) is 6.07 Å². The molecule has 0 aliphatic rings. The van der Waals surface area contributed by atoms with Crippen LogP contribution in [0.25, 0.3) is 0 Å². The lowest BCUT2D eigenvalue weighted by molar-refractivity contribution is -0.131. The molecule has 2 N–H and O–H groups in total. The van der Waals surface area contributed by atoms with E-state index in [1.54, 1.807) is 14.0 Å². The summed E-state index contributed by atoms with van der Waals surface area (Å²) < 4.78 is 0. The smallest absolute Gasteiger partial charge is 0.239 e. The standard InChI is InChI=1S/C10H19N3O/c1-4-5-9(12)10(14)13(3)7-8(2)6-11/h8-9H,4-5,7,12H2,1-3H3/t8?,9-/m0/s1. The van der Waals surface area contributed by atoms with Gasteiger partial charge >= 0.3 is 0 Å². The highest BCUT2D eigenvalue weighted by Crippen LogP contribution is 2.01. The first-order valence-electron chi connectivity index (χ1n) is 4.93. The second kappa shape index (κ2) is 6.39. The molecule has 0 fully saturated rings. The number of amides is 1. The summed E-state index contributed by atoms with van der Waals surface area (Å²) in [4.78, 5) is 13.1. The molecule has 1 unspecified atom stereocenters. The maximum absolute atomic E-state index is 11.6. The predicted molar refractivity (Wildman–Crippen MR) is 55.3 cm³/mol. The molecule has 0 heterocycles. The van der Waals surface area contributed by atoms with Gasteiger partial charge < -0.3 is 10.6 Å². The molecular formula is C10H19N3O. The van der Waals surface area contributed by atoms with Crippen LogP contribution in [0.1, 0.15) is 26.7 Å². The summed E-state index contributed by atoms with van der Waals surface area (Å²) in [5, 5.41) is 8.59. The van der Waals surface area contributed by atoms with Crippen molar-refractivity contribution in [3.05, 3.63) is 0 Å². The van der Waals surface area contributed by atoms with Crippen LogP contribution in [0.2, 0.25) is 0 Å². The van der Waals surface area contributed by atoms with Crippen LogP contribution in [-0.4, -0.2) is 30.4 Å². The van der Waals surface area contributed by atoms with Crippen molar-refractivity contribution in [2.24, 2.45) is 11.7 Å². The van der Waals surface area contributed by atoms with Crippen molar-refractivity contribution in [2.45, 2.75) is 32.7 Å². The molecule has 14 heavy (non-hydrogen) atoms. The largest absolute Gasteiger partial charge is 0.343 e. The monoisotopic (exact) mass is 197 g/mol. The zero-order chi connectivity index (χ0) is 11.1. The molecule has 0 spiro atoms. The van der Waals surface area contributed by atoms with Crippen molar-refractivity contribution in [2.75, 3.05) is 13.6 Å². The molecule has 0 aromatic carbocycles. The molecule has 2 atom stereocenters. The van der Waals surface area contributed by atoms with Crippen molar-refractivity contribution in [1.82, 2.24) is 4.90 Å². The van der Waals surface area contributed by atoms with Crippen LogP contribution >= 0.6 is 0 Å². The Morgan fingerprint density at radius 3 is 2.64 bits per heavy atom. The third-order valence-electron chi connectivity index (χ3n) is 2.06. The summed E-state index contributed by atoms with van der Waals surface area (Å²) in [5.41, 5.74) is 5.67. The van der Waals surface area contributed by atoms with E-state index in [1.165, 1.54) is 4.90 Å². The molecule has 0 saturated heterocycles. The number of likely N-dealkylation sites (N-methyl/N-ethyl adjacent to an activating group) is 1. The third kappa shape index (κ3) is 4.24. The Balaban J connectivity index is 4.06. The second-order valence-electron chi connectivity index (χ2n) is 3.64. The molecular weight excluding hydrogens is 178 g/mol. The Labute approximate surface area is 85.7 Å². The minimum atomic E-state index is -0.420. The fourth-order valence-corrected chi connectivity index (χ4v) is 1.26. The number of nitriles is 1. The molecule has 1 amide bonds. The van der Waals surface area contributed by atoms with Crippen LogP contribution in [0.15, 0.2) is 0 Å². The van der Waals surface area contributed by atoms with Crippen LogP contribution in [0.3, 0.4) is 0 Å². The topological polar surface area (TPSA) is 70.1 Å². The van der Waals surface area contributed by atoms with Crippen molar-refractivity contribution < 1.29 is 4.79 Å². The Bertz CT molecular complexity index is 222. The summed E-state index contributed by atoms with van der Waals surface area (Å²) >= 11 is 0. The lowest BCUT2D eigenvalue weighted by atomic mass is 10.1. The van der Waals surface area contributed by atoms with E-state index in [0.717, 1.165) is 6.42 Å². The first-order chi connectivity index (χ1) is 6.52. The molecule has 0 radical (unpaired) electrons. The minimum Gasteiger partial charge on any atom is -0.343 e. The maximum Gasteiger partial charge on any atom is 0.239 e. The maximum atomic E-state index is 11.6. The Morgan fingerprint density at radius 1 is 1.64 bits per heavy atom. The van der Waals surface area contributed by atoms with Gasteiger partial charge in [0.15, 0.2) is 0 Å². The van der Waals surface area contributed by atoms with Gasteiger partial charge in [-0.25, -0.2) is 0 Å². The predicted octanol–water partition coefficient (Wildman–Crippen LogP) is 0.732. The van der Waals surface area contributed by atoms with Crippen LogP contribution in [0.4, 0.5) is 0 Å². The molecule has 0 saturated carbocycles. The van der Waals surface area contributed by atoms with E-state index in [9.17, 15) is 4.79 Å². The van der Waals surface area contributed by atoms with E-state index in [1.807, 2.05) is 6.92 Å². The van der Waals surface area contributed by atoms with Gasteiger partial charge in [0.25, 0.3) is 0 Å². The Hall–Kier alpha value is -1.08.